The Morgan fingerprint density at radius 3 is 2.07 bits per heavy atom. The summed E-state index contributed by atoms with van der Waals surface area (Å²) in [7, 11) is 0. The summed E-state index contributed by atoms with van der Waals surface area (Å²) in [6, 6.07) is 8.25. The van der Waals surface area contributed by atoms with E-state index in [4.69, 9.17) is 5.11 Å². The number of carboxylic acids is 1. The first-order chi connectivity index (χ1) is 12.4. The van der Waals surface area contributed by atoms with Gasteiger partial charge in [0, 0.05) is 11.6 Å². The standard InChI is InChI=1S/C24H31NO2/c1-15-12-18-19(23(4,5)11-10-22(18,2)3)13-17(15)24(6,7)20-9-8-16(14-25-20)21(26)27/h8-9,12-14H,10-11H2,1-7H3,(H,26,27). The third-order valence-corrected chi connectivity index (χ3v) is 6.52. The van der Waals surface area contributed by atoms with Gasteiger partial charge in [0.25, 0.3) is 0 Å². The molecule has 1 N–H and O–H groups in total. The lowest BCUT2D eigenvalue weighted by Crippen LogP contribution is -2.35. The Kier molecular flexibility index (Phi) is 4.49. The van der Waals surface area contributed by atoms with E-state index in [0.717, 1.165) is 5.69 Å². The SMILES string of the molecule is Cc1cc2c(cc1C(C)(C)c1ccc(C(=O)O)cn1)C(C)(C)CCC2(C)C. The van der Waals surface area contributed by atoms with Crippen molar-refractivity contribution in [2.45, 2.75) is 77.6 Å². The maximum absolute atomic E-state index is 11.1. The summed E-state index contributed by atoms with van der Waals surface area (Å²) >= 11 is 0. The largest absolute Gasteiger partial charge is 0.478 e. The van der Waals surface area contributed by atoms with Crippen LogP contribution in [0.5, 0.6) is 0 Å². The molecule has 0 spiro atoms. The summed E-state index contributed by atoms with van der Waals surface area (Å²) in [5, 5.41) is 9.14. The lowest BCUT2D eigenvalue weighted by atomic mass is 9.61. The summed E-state index contributed by atoms with van der Waals surface area (Å²) in [5.41, 5.74) is 6.61. The second-order valence-electron chi connectivity index (χ2n) is 9.84. The van der Waals surface area contributed by atoms with Crippen molar-refractivity contribution in [1.29, 1.82) is 0 Å². The van der Waals surface area contributed by atoms with Crippen molar-refractivity contribution in [2.75, 3.05) is 0 Å². The monoisotopic (exact) mass is 365 g/mol. The highest BCUT2D eigenvalue weighted by molar-refractivity contribution is 5.87. The first kappa shape index (κ1) is 19.6. The van der Waals surface area contributed by atoms with Gasteiger partial charge in [0.2, 0.25) is 0 Å². The minimum Gasteiger partial charge on any atom is -0.478 e. The average molecular weight is 366 g/mol. The van der Waals surface area contributed by atoms with Gasteiger partial charge in [-0.2, -0.15) is 0 Å². The van der Waals surface area contributed by atoms with Crippen molar-refractivity contribution in [2.24, 2.45) is 0 Å². The number of nitrogens with zero attached hydrogens (tertiary/aromatic N) is 1. The van der Waals surface area contributed by atoms with Crippen LogP contribution in [0, 0.1) is 6.92 Å². The first-order valence-corrected chi connectivity index (χ1v) is 9.72. The van der Waals surface area contributed by atoms with Crippen LogP contribution < -0.4 is 0 Å². The third-order valence-electron chi connectivity index (χ3n) is 6.52. The average Bonchev–Trinajstić information content (AvgIpc) is 2.58. The molecule has 3 rings (SSSR count). The second-order valence-corrected chi connectivity index (χ2v) is 9.84. The highest BCUT2D eigenvalue weighted by atomic mass is 16.4. The molecule has 0 bridgehead atoms. The number of pyridine rings is 1. The fourth-order valence-electron chi connectivity index (χ4n) is 4.42. The van der Waals surface area contributed by atoms with Crippen molar-refractivity contribution in [1.82, 2.24) is 4.98 Å². The topological polar surface area (TPSA) is 50.2 Å². The molecule has 0 radical (unpaired) electrons. The van der Waals surface area contributed by atoms with Gasteiger partial charge in [-0.05, 0) is 65.0 Å². The smallest absolute Gasteiger partial charge is 0.337 e. The predicted octanol–water partition coefficient (Wildman–Crippen LogP) is 5.76. The number of aryl methyl sites for hydroxylation is 1. The lowest BCUT2D eigenvalue weighted by Gasteiger charge is -2.43. The van der Waals surface area contributed by atoms with E-state index >= 15 is 0 Å². The molecule has 1 heterocycles. The number of carbonyl (C=O) groups is 1. The van der Waals surface area contributed by atoms with Crippen LogP contribution >= 0.6 is 0 Å². The summed E-state index contributed by atoms with van der Waals surface area (Å²) in [6.07, 6.45) is 3.84. The zero-order valence-electron chi connectivity index (χ0n) is 17.6. The van der Waals surface area contributed by atoms with Gasteiger partial charge < -0.3 is 5.11 Å². The number of benzene rings is 1. The van der Waals surface area contributed by atoms with Crippen molar-refractivity contribution < 1.29 is 9.90 Å². The van der Waals surface area contributed by atoms with Crippen LogP contribution in [0.15, 0.2) is 30.5 Å². The number of aromatic carboxylic acids is 1. The zero-order valence-corrected chi connectivity index (χ0v) is 17.6. The molecule has 0 saturated heterocycles. The van der Waals surface area contributed by atoms with E-state index in [1.807, 2.05) is 6.07 Å². The number of rotatable bonds is 3. The molecular weight excluding hydrogens is 334 g/mol. The number of fused-ring (bicyclic) bond motifs is 1. The molecule has 1 aromatic heterocycles. The van der Waals surface area contributed by atoms with Gasteiger partial charge in [0.15, 0.2) is 0 Å². The van der Waals surface area contributed by atoms with Gasteiger partial charge in [-0.25, -0.2) is 4.79 Å². The van der Waals surface area contributed by atoms with Crippen molar-refractivity contribution >= 4 is 5.97 Å². The van der Waals surface area contributed by atoms with Gasteiger partial charge in [-0.3, -0.25) is 4.98 Å². The van der Waals surface area contributed by atoms with E-state index in [9.17, 15) is 4.79 Å². The van der Waals surface area contributed by atoms with E-state index in [-0.39, 0.29) is 21.8 Å². The molecule has 0 unspecified atom stereocenters. The Labute approximate surface area is 162 Å². The van der Waals surface area contributed by atoms with Gasteiger partial charge in [-0.1, -0.05) is 53.7 Å². The molecule has 3 heteroatoms. The van der Waals surface area contributed by atoms with E-state index in [2.05, 4.69) is 65.6 Å². The van der Waals surface area contributed by atoms with Crippen LogP contribution in [0.1, 0.15) is 92.7 Å². The van der Waals surface area contributed by atoms with Crippen LogP contribution in [0.2, 0.25) is 0 Å². The molecule has 144 valence electrons. The maximum Gasteiger partial charge on any atom is 0.337 e. The molecule has 3 nitrogen and oxygen atoms in total. The van der Waals surface area contributed by atoms with Crippen molar-refractivity contribution in [3.63, 3.8) is 0 Å². The fourth-order valence-corrected chi connectivity index (χ4v) is 4.42. The van der Waals surface area contributed by atoms with Gasteiger partial charge >= 0.3 is 5.97 Å². The number of aromatic nitrogens is 1. The van der Waals surface area contributed by atoms with Gasteiger partial charge in [0.1, 0.15) is 0 Å². The molecular formula is C24H31NO2. The summed E-state index contributed by atoms with van der Waals surface area (Å²) in [5.74, 6) is -0.944. The number of carboxylic acid groups (broad SMARTS) is 1. The molecule has 0 atom stereocenters. The normalized spacial score (nSPS) is 18.0. The van der Waals surface area contributed by atoms with Crippen LogP contribution in [0.3, 0.4) is 0 Å². The van der Waals surface area contributed by atoms with Crippen molar-refractivity contribution in [3.05, 3.63) is 64.0 Å². The zero-order chi connectivity index (χ0) is 20.2. The van der Waals surface area contributed by atoms with Crippen molar-refractivity contribution in [3.8, 4) is 0 Å². The van der Waals surface area contributed by atoms with E-state index in [1.165, 1.54) is 41.3 Å². The Hall–Kier alpha value is -2.16. The molecule has 0 saturated carbocycles. The molecule has 0 fully saturated rings. The Balaban J connectivity index is 2.15. The molecule has 27 heavy (non-hydrogen) atoms. The quantitative estimate of drug-likeness (QED) is 0.752. The van der Waals surface area contributed by atoms with Crippen LogP contribution in [-0.2, 0) is 16.2 Å². The molecule has 1 aliphatic rings. The summed E-state index contributed by atoms with van der Waals surface area (Å²) < 4.78 is 0. The Morgan fingerprint density at radius 2 is 1.59 bits per heavy atom. The van der Waals surface area contributed by atoms with Crippen LogP contribution in [-0.4, -0.2) is 16.1 Å². The van der Waals surface area contributed by atoms with Crippen LogP contribution in [0.4, 0.5) is 0 Å². The minimum absolute atomic E-state index is 0.157. The highest BCUT2D eigenvalue weighted by Gasteiger charge is 2.39. The van der Waals surface area contributed by atoms with Crippen LogP contribution in [0.25, 0.3) is 0 Å². The fraction of sp³-hybridized carbons (Fsp3) is 0.500. The third kappa shape index (κ3) is 3.28. The van der Waals surface area contributed by atoms with Gasteiger partial charge in [0.05, 0.1) is 11.3 Å². The Bertz CT molecular complexity index is 889. The highest BCUT2D eigenvalue weighted by Crippen LogP contribution is 2.48. The molecule has 2 aromatic rings. The van der Waals surface area contributed by atoms with E-state index in [0.29, 0.717) is 0 Å². The van der Waals surface area contributed by atoms with E-state index in [1.54, 1.807) is 6.07 Å². The number of hydrogen-bond donors (Lipinski definition) is 1. The maximum atomic E-state index is 11.1. The minimum atomic E-state index is -0.944. The number of hydrogen-bond acceptors (Lipinski definition) is 2. The summed E-state index contributed by atoms with van der Waals surface area (Å²) in [4.78, 5) is 15.6. The van der Waals surface area contributed by atoms with E-state index < -0.39 is 5.97 Å². The molecule has 0 amide bonds. The summed E-state index contributed by atoms with van der Waals surface area (Å²) in [6.45, 7) is 15.9. The lowest BCUT2D eigenvalue weighted by molar-refractivity contribution is 0.0696. The first-order valence-electron chi connectivity index (χ1n) is 9.72. The Morgan fingerprint density at radius 1 is 1.04 bits per heavy atom. The molecule has 1 aliphatic carbocycles. The predicted molar refractivity (Wildman–Crippen MR) is 110 cm³/mol. The molecule has 0 aliphatic heterocycles. The van der Waals surface area contributed by atoms with Gasteiger partial charge in [-0.15, -0.1) is 0 Å². The molecule has 1 aromatic carbocycles. The second kappa shape index (κ2) is 6.19.